The molecule has 88 heavy (non-hydrogen) atoms. The predicted molar refractivity (Wildman–Crippen MR) is 354 cm³/mol. The van der Waals surface area contributed by atoms with Gasteiger partial charge in [0.05, 0.1) is 26.4 Å². The minimum Gasteiger partial charge on any atom is -0.462 e. The maximum Gasteiger partial charge on any atom is 0.472 e. The maximum absolute atomic E-state index is 13.0. The van der Waals surface area contributed by atoms with Crippen LogP contribution in [-0.2, 0) is 65.4 Å². The average Bonchev–Trinajstić information content (AvgIpc) is 3.55. The van der Waals surface area contributed by atoms with Crippen LogP contribution in [0, 0.1) is 23.7 Å². The van der Waals surface area contributed by atoms with E-state index in [0.29, 0.717) is 31.6 Å². The van der Waals surface area contributed by atoms with Crippen molar-refractivity contribution in [1.82, 2.24) is 0 Å². The third-order valence-corrected chi connectivity index (χ3v) is 18.1. The summed E-state index contributed by atoms with van der Waals surface area (Å²) in [6.45, 7) is 14.1. The summed E-state index contributed by atoms with van der Waals surface area (Å²) in [5.74, 6) is 0.851. The van der Waals surface area contributed by atoms with Gasteiger partial charge < -0.3 is 33.8 Å². The van der Waals surface area contributed by atoms with Crippen molar-refractivity contribution in [2.45, 2.75) is 356 Å². The van der Waals surface area contributed by atoms with Crippen molar-refractivity contribution in [3.8, 4) is 0 Å². The van der Waals surface area contributed by atoms with Gasteiger partial charge >= 0.3 is 39.5 Å². The summed E-state index contributed by atoms with van der Waals surface area (Å²) in [7, 11) is -9.90. The second kappa shape index (κ2) is 58.8. The maximum atomic E-state index is 13.0. The first-order chi connectivity index (χ1) is 42.1. The summed E-state index contributed by atoms with van der Waals surface area (Å²) in [6.07, 6.45) is 40.3. The van der Waals surface area contributed by atoms with Crippen molar-refractivity contribution < 1.29 is 80.2 Å². The highest BCUT2D eigenvalue weighted by atomic mass is 31.2. The van der Waals surface area contributed by atoms with E-state index in [1.165, 1.54) is 141 Å². The summed E-state index contributed by atoms with van der Waals surface area (Å²) >= 11 is 0. The number of ether oxygens (including phenoxy) is 4. The van der Waals surface area contributed by atoms with Crippen LogP contribution in [0.25, 0.3) is 0 Å². The highest BCUT2D eigenvalue weighted by Gasteiger charge is 2.30. The van der Waals surface area contributed by atoms with E-state index in [1.54, 1.807) is 0 Å². The molecule has 0 saturated heterocycles. The fourth-order valence-corrected chi connectivity index (χ4v) is 11.9. The molecular formula is C69H134O17P2. The molecule has 0 amide bonds. The molecule has 0 aromatic carbocycles. The number of phosphoric ester groups is 2. The van der Waals surface area contributed by atoms with Gasteiger partial charge in [0, 0.05) is 25.7 Å². The van der Waals surface area contributed by atoms with Crippen LogP contribution in [0.1, 0.15) is 338 Å². The fourth-order valence-electron chi connectivity index (χ4n) is 10.3. The SMILES string of the molecule is CCC(C)CCCCCCCCCCCCC(=O)OC[C@H](COP(=O)(O)OCC(O)COP(=O)(O)OC[C@@H](COC(=O)CCCCCCCCCCC(C)C)OC(=O)CCCCCCCCCC(C)C)OC(=O)CCCCCCCCCCCCC(C)C. The molecule has 0 aliphatic carbocycles. The Morgan fingerprint density at radius 2 is 0.545 bits per heavy atom. The number of phosphoric acid groups is 2. The van der Waals surface area contributed by atoms with Crippen LogP contribution in [0.4, 0.5) is 0 Å². The van der Waals surface area contributed by atoms with E-state index in [-0.39, 0.29) is 25.7 Å². The average molecular weight is 1300 g/mol. The normalized spacial score (nSPS) is 14.6. The first kappa shape index (κ1) is 86.1. The monoisotopic (exact) mass is 1300 g/mol. The van der Waals surface area contributed by atoms with Crippen LogP contribution in [-0.4, -0.2) is 96.7 Å². The molecule has 0 aliphatic heterocycles. The van der Waals surface area contributed by atoms with Gasteiger partial charge in [-0.2, -0.15) is 0 Å². The lowest BCUT2D eigenvalue weighted by Crippen LogP contribution is -2.30. The van der Waals surface area contributed by atoms with Gasteiger partial charge in [-0.15, -0.1) is 0 Å². The van der Waals surface area contributed by atoms with E-state index >= 15 is 0 Å². The zero-order valence-corrected chi connectivity index (χ0v) is 59.1. The number of aliphatic hydroxyl groups excluding tert-OH is 1. The van der Waals surface area contributed by atoms with Gasteiger partial charge in [0.1, 0.15) is 19.3 Å². The first-order valence-corrected chi connectivity index (χ1v) is 38.7. The van der Waals surface area contributed by atoms with E-state index in [0.717, 1.165) is 108 Å². The minimum absolute atomic E-state index is 0.102. The van der Waals surface area contributed by atoms with Crippen LogP contribution in [0.3, 0.4) is 0 Å². The Balaban J connectivity index is 5.26. The molecule has 0 spiro atoms. The molecule has 522 valence electrons. The molecule has 6 atom stereocenters. The van der Waals surface area contributed by atoms with Crippen LogP contribution >= 0.6 is 15.6 Å². The van der Waals surface area contributed by atoms with Crippen LogP contribution in [0.15, 0.2) is 0 Å². The number of hydrogen-bond acceptors (Lipinski definition) is 15. The number of aliphatic hydroxyl groups is 1. The third-order valence-electron chi connectivity index (χ3n) is 16.2. The second-order valence-corrected chi connectivity index (χ2v) is 29.5. The number of hydrogen-bond donors (Lipinski definition) is 3. The fraction of sp³-hybridized carbons (Fsp3) is 0.942. The summed E-state index contributed by atoms with van der Waals surface area (Å²) in [5, 5.41) is 10.6. The second-order valence-electron chi connectivity index (χ2n) is 26.6. The van der Waals surface area contributed by atoms with Crippen molar-refractivity contribution in [2.24, 2.45) is 23.7 Å². The largest absolute Gasteiger partial charge is 0.472 e. The van der Waals surface area contributed by atoms with Crippen molar-refractivity contribution in [1.29, 1.82) is 0 Å². The van der Waals surface area contributed by atoms with Crippen molar-refractivity contribution >= 4 is 39.5 Å². The van der Waals surface area contributed by atoms with Crippen LogP contribution in [0.2, 0.25) is 0 Å². The highest BCUT2D eigenvalue weighted by molar-refractivity contribution is 7.47. The summed E-state index contributed by atoms with van der Waals surface area (Å²) in [4.78, 5) is 72.5. The van der Waals surface area contributed by atoms with E-state index in [2.05, 4.69) is 55.4 Å². The Bertz CT molecular complexity index is 1750. The van der Waals surface area contributed by atoms with Gasteiger partial charge in [-0.05, 0) is 49.4 Å². The Morgan fingerprint density at radius 1 is 0.318 bits per heavy atom. The molecule has 0 aliphatic rings. The van der Waals surface area contributed by atoms with E-state index in [9.17, 15) is 43.2 Å². The Labute approximate surface area is 537 Å². The summed E-state index contributed by atoms with van der Waals surface area (Å²) in [5.41, 5.74) is 0. The highest BCUT2D eigenvalue weighted by Crippen LogP contribution is 2.45. The topological polar surface area (TPSA) is 237 Å². The molecule has 19 heteroatoms. The van der Waals surface area contributed by atoms with Crippen molar-refractivity contribution in [3.63, 3.8) is 0 Å². The molecule has 0 saturated carbocycles. The van der Waals surface area contributed by atoms with Crippen molar-refractivity contribution in [3.05, 3.63) is 0 Å². The molecule has 0 fully saturated rings. The molecule has 4 unspecified atom stereocenters. The van der Waals surface area contributed by atoms with E-state index in [1.807, 2.05) is 0 Å². The molecule has 0 rings (SSSR count). The molecular weight excluding hydrogens is 1160 g/mol. The molecule has 17 nitrogen and oxygen atoms in total. The standard InChI is InChI=1S/C69H134O17P2/c1-9-62(8)48-40-32-24-15-11-13-16-25-33-41-49-66(71)79-55-64(85-68(73)51-43-35-27-17-12-10-14-21-29-37-45-59(2)3)57-83-87(75,76)81-53-63(70)54-82-88(77,78)84-58-65(86-69(74)52-44-36-28-20-23-31-39-47-61(6)7)56-80-67(72)50-42-34-26-19-18-22-30-38-46-60(4)5/h59-65,70H,9-58H2,1-8H3,(H,75,76)(H,77,78)/t62?,63?,64-,65-/m1/s1. The van der Waals surface area contributed by atoms with Gasteiger partial charge in [0.2, 0.25) is 0 Å². The smallest absolute Gasteiger partial charge is 0.462 e. The lowest BCUT2D eigenvalue weighted by atomic mass is 9.99. The molecule has 0 bridgehead atoms. The minimum atomic E-state index is -4.95. The van der Waals surface area contributed by atoms with E-state index < -0.39 is 97.5 Å². The number of esters is 4. The Kier molecular flexibility index (Phi) is 57.6. The van der Waals surface area contributed by atoms with Gasteiger partial charge in [-0.3, -0.25) is 37.3 Å². The number of rotatable bonds is 66. The van der Waals surface area contributed by atoms with Crippen LogP contribution in [0.5, 0.6) is 0 Å². The lowest BCUT2D eigenvalue weighted by Gasteiger charge is -2.21. The van der Waals surface area contributed by atoms with Crippen LogP contribution < -0.4 is 0 Å². The molecule has 3 N–H and O–H groups in total. The van der Waals surface area contributed by atoms with E-state index in [4.69, 9.17) is 37.0 Å². The predicted octanol–water partition coefficient (Wildman–Crippen LogP) is 19.3. The van der Waals surface area contributed by atoms with Gasteiger partial charge in [-0.1, -0.05) is 287 Å². The van der Waals surface area contributed by atoms with Crippen molar-refractivity contribution in [2.75, 3.05) is 39.6 Å². The number of unbranched alkanes of at least 4 members (excludes halogenated alkanes) is 31. The quantitative estimate of drug-likeness (QED) is 0.0222. The lowest BCUT2D eigenvalue weighted by molar-refractivity contribution is -0.161. The Hall–Kier alpha value is -1.94. The van der Waals surface area contributed by atoms with Gasteiger partial charge in [0.15, 0.2) is 12.2 Å². The Morgan fingerprint density at radius 3 is 0.807 bits per heavy atom. The first-order valence-electron chi connectivity index (χ1n) is 35.7. The number of carbonyl (C=O) groups is 4. The molecule has 0 aromatic heterocycles. The number of carbonyl (C=O) groups excluding carboxylic acids is 4. The third kappa shape index (κ3) is 61.6. The summed E-state index contributed by atoms with van der Waals surface area (Å²) < 4.78 is 68.2. The zero-order valence-electron chi connectivity index (χ0n) is 57.3. The zero-order chi connectivity index (χ0) is 65.4. The van der Waals surface area contributed by atoms with Gasteiger partial charge in [-0.25, -0.2) is 9.13 Å². The van der Waals surface area contributed by atoms with Gasteiger partial charge in [0.25, 0.3) is 0 Å². The molecule has 0 heterocycles. The molecule has 0 radical (unpaired) electrons. The summed E-state index contributed by atoms with van der Waals surface area (Å²) in [6, 6.07) is 0. The molecule has 0 aromatic rings.